The number of carbonyl (C=O) groups excluding carboxylic acids is 1. The van der Waals surface area contributed by atoms with Crippen LogP contribution in [0, 0.1) is 0 Å². The zero-order chi connectivity index (χ0) is 11.5. The predicted octanol–water partition coefficient (Wildman–Crippen LogP) is 2.70. The SMILES string of the molecule is CCCC(C)c1ccc2c(c1)C(=O)NCN2. The van der Waals surface area contributed by atoms with E-state index in [0.717, 1.165) is 17.7 Å². The fourth-order valence-electron chi connectivity index (χ4n) is 2.13. The maximum absolute atomic E-state index is 11.7. The normalized spacial score (nSPS) is 16.0. The van der Waals surface area contributed by atoms with Crippen molar-refractivity contribution in [1.29, 1.82) is 0 Å². The Morgan fingerprint density at radius 3 is 2.94 bits per heavy atom. The molecule has 1 aliphatic heterocycles. The summed E-state index contributed by atoms with van der Waals surface area (Å²) in [6, 6.07) is 6.14. The molecule has 1 atom stereocenters. The zero-order valence-electron chi connectivity index (χ0n) is 9.84. The van der Waals surface area contributed by atoms with Crippen LogP contribution in [0.25, 0.3) is 0 Å². The second kappa shape index (κ2) is 4.56. The highest BCUT2D eigenvalue weighted by Crippen LogP contribution is 2.26. The van der Waals surface area contributed by atoms with Crippen LogP contribution in [0.4, 0.5) is 5.69 Å². The summed E-state index contributed by atoms with van der Waals surface area (Å²) in [4.78, 5) is 11.7. The Morgan fingerprint density at radius 2 is 2.19 bits per heavy atom. The molecule has 1 aromatic carbocycles. The first-order chi connectivity index (χ1) is 7.72. The van der Waals surface area contributed by atoms with Crippen molar-refractivity contribution in [2.75, 3.05) is 12.0 Å². The van der Waals surface area contributed by atoms with Crippen LogP contribution in [0.3, 0.4) is 0 Å². The molecule has 3 heteroatoms. The molecule has 0 fully saturated rings. The average molecular weight is 218 g/mol. The van der Waals surface area contributed by atoms with Crippen molar-refractivity contribution in [1.82, 2.24) is 5.32 Å². The number of carbonyl (C=O) groups is 1. The third kappa shape index (κ3) is 2.03. The number of benzene rings is 1. The number of anilines is 1. The zero-order valence-corrected chi connectivity index (χ0v) is 9.84. The Bertz CT molecular complexity index is 401. The molecule has 2 rings (SSSR count). The van der Waals surface area contributed by atoms with Gasteiger partial charge in [-0.15, -0.1) is 0 Å². The lowest BCUT2D eigenvalue weighted by Crippen LogP contribution is -2.34. The van der Waals surface area contributed by atoms with Gasteiger partial charge in [-0.25, -0.2) is 0 Å². The summed E-state index contributed by atoms with van der Waals surface area (Å²) in [6.45, 7) is 4.91. The van der Waals surface area contributed by atoms with Crippen molar-refractivity contribution in [3.8, 4) is 0 Å². The number of fused-ring (bicyclic) bond motifs is 1. The van der Waals surface area contributed by atoms with E-state index in [4.69, 9.17) is 0 Å². The highest BCUT2D eigenvalue weighted by Gasteiger charge is 2.17. The molecule has 0 aromatic heterocycles. The molecule has 1 amide bonds. The number of rotatable bonds is 3. The predicted molar refractivity (Wildman–Crippen MR) is 65.7 cm³/mol. The standard InChI is InChI=1S/C13H18N2O/c1-3-4-9(2)10-5-6-12-11(7-10)13(16)15-8-14-12/h5-7,9,14H,3-4,8H2,1-2H3,(H,15,16). The first kappa shape index (κ1) is 11.0. The van der Waals surface area contributed by atoms with Crippen molar-refractivity contribution in [3.05, 3.63) is 29.3 Å². The topological polar surface area (TPSA) is 41.1 Å². The Labute approximate surface area is 96.2 Å². The fourth-order valence-corrected chi connectivity index (χ4v) is 2.13. The molecule has 2 N–H and O–H groups in total. The Balaban J connectivity index is 2.30. The minimum Gasteiger partial charge on any atom is -0.367 e. The van der Waals surface area contributed by atoms with E-state index >= 15 is 0 Å². The summed E-state index contributed by atoms with van der Waals surface area (Å²) >= 11 is 0. The molecule has 1 heterocycles. The molecule has 0 radical (unpaired) electrons. The summed E-state index contributed by atoms with van der Waals surface area (Å²) in [5.41, 5.74) is 2.96. The van der Waals surface area contributed by atoms with E-state index in [9.17, 15) is 4.79 Å². The van der Waals surface area contributed by atoms with E-state index in [0.29, 0.717) is 12.6 Å². The summed E-state index contributed by atoms with van der Waals surface area (Å²) in [7, 11) is 0. The van der Waals surface area contributed by atoms with E-state index in [-0.39, 0.29) is 5.91 Å². The van der Waals surface area contributed by atoms with Crippen molar-refractivity contribution in [2.45, 2.75) is 32.6 Å². The van der Waals surface area contributed by atoms with Crippen LogP contribution in [0.5, 0.6) is 0 Å². The first-order valence-corrected chi connectivity index (χ1v) is 5.88. The molecule has 1 aliphatic rings. The summed E-state index contributed by atoms with van der Waals surface area (Å²) in [6.07, 6.45) is 2.33. The lowest BCUT2D eigenvalue weighted by Gasteiger charge is -2.20. The van der Waals surface area contributed by atoms with Gasteiger partial charge in [0.2, 0.25) is 0 Å². The Morgan fingerprint density at radius 1 is 1.38 bits per heavy atom. The maximum Gasteiger partial charge on any atom is 0.254 e. The van der Waals surface area contributed by atoms with Crippen LogP contribution >= 0.6 is 0 Å². The largest absolute Gasteiger partial charge is 0.367 e. The van der Waals surface area contributed by atoms with Gasteiger partial charge in [-0.3, -0.25) is 4.79 Å². The van der Waals surface area contributed by atoms with E-state index in [1.807, 2.05) is 12.1 Å². The first-order valence-electron chi connectivity index (χ1n) is 5.88. The minimum atomic E-state index is 0.0271. The lowest BCUT2D eigenvalue weighted by molar-refractivity contribution is 0.0952. The van der Waals surface area contributed by atoms with Gasteiger partial charge < -0.3 is 10.6 Å². The monoisotopic (exact) mass is 218 g/mol. The van der Waals surface area contributed by atoms with Gasteiger partial charge in [0.05, 0.1) is 12.2 Å². The van der Waals surface area contributed by atoms with E-state index in [2.05, 4.69) is 30.5 Å². The quantitative estimate of drug-likeness (QED) is 0.819. The lowest BCUT2D eigenvalue weighted by atomic mass is 9.94. The minimum absolute atomic E-state index is 0.0271. The van der Waals surface area contributed by atoms with E-state index in [1.165, 1.54) is 12.0 Å². The van der Waals surface area contributed by atoms with Crippen molar-refractivity contribution in [2.24, 2.45) is 0 Å². The van der Waals surface area contributed by atoms with E-state index < -0.39 is 0 Å². The van der Waals surface area contributed by atoms with Crippen LogP contribution in [0.2, 0.25) is 0 Å². The van der Waals surface area contributed by atoms with Gasteiger partial charge in [-0.2, -0.15) is 0 Å². The number of hydrogen-bond acceptors (Lipinski definition) is 2. The third-order valence-electron chi connectivity index (χ3n) is 3.11. The molecule has 0 spiro atoms. The molecule has 0 saturated heterocycles. The molecule has 86 valence electrons. The smallest absolute Gasteiger partial charge is 0.254 e. The molecule has 3 nitrogen and oxygen atoms in total. The molecule has 16 heavy (non-hydrogen) atoms. The molecular formula is C13H18N2O. The molecule has 0 bridgehead atoms. The van der Waals surface area contributed by atoms with Gasteiger partial charge in [0, 0.05) is 5.69 Å². The van der Waals surface area contributed by atoms with Gasteiger partial charge in [0.15, 0.2) is 0 Å². The third-order valence-corrected chi connectivity index (χ3v) is 3.11. The van der Waals surface area contributed by atoms with Gasteiger partial charge >= 0.3 is 0 Å². The van der Waals surface area contributed by atoms with Crippen LogP contribution in [-0.2, 0) is 0 Å². The van der Waals surface area contributed by atoms with Crippen LogP contribution in [0.1, 0.15) is 48.5 Å². The second-order valence-electron chi connectivity index (χ2n) is 4.35. The highest BCUT2D eigenvalue weighted by atomic mass is 16.1. The maximum atomic E-state index is 11.7. The van der Waals surface area contributed by atoms with Crippen molar-refractivity contribution in [3.63, 3.8) is 0 Å². The van der Waals surface area contributed by atoms with Crippen molar-refractivity contribution >= 4 is 11.6 Å². The van der Waals surface area contributed by atoms with Gasteiger partial charge in [0.1, 0.15) is 0 Å². The summed E-state index contributed by atoms with van der Waals surface area (Å²) < 4.78 is 0. The molecule has 1 unspecified atom stereocenters. The molecular weight excluding hydrogens is 200 g/mol. The van der Waals surface area contributed by atoms with Gasteiger partial charge in [-0.1, -0.05) is 26.3 Å². The van der Waals surface area contributed by atoms with Crippen LogP contribution in [0.15, 0.2) is 18.2 Å². The van der Waals surface area contributed by atoms with Crippen molar-refractivity contribution < 1.29 is 4.79 Å². The summed E-state index contributed by atoms with van der Waals surface area (Å²) in [5, 5.41) is 5.95. The van der Waals surface area contributed by atoms with Crippen LogP contribution in [-0.4, -0.2) is 12.6 Å². The number of amides is 1. The van der Waals surface area contributed by atoms with E-state index in [1.54, 1.807) is 0 Å². The Hall–Kier alpha value is -1.51. The molecule has 1 aromatic rings. The van der Waals surface area contributed by atoms with Crippen LogP contribution < -0.4 is 10.6 Å². The Kier molecular flexibility index (Phi) is 3.13. The molecule has 0 saturated carbocycles. The highest BCUT2D eigenvalue weighted by molar-refractivity contribution is 6.01. The van der Waals surface area contributed by atoms with Gasteiger partial charge in [0.25, 0.3) is 5.91 Å². The summed E-state index contributed by atoms with van der Waals surface area (Å²) in [5.74, 6) is 0.546. The van der Waals surface area contributed by atoms with Gasteiger partial charge in [-0.05, 0) is 30.0 Å². The fraction of sp³-hybridized carbons (Fsp3) is 0.462. The number of hydrogen-bond donors (Lipinski definition) is 2. The number of nitrogens with one attached hydrogen (secondary N) is 2. The second-order valence-corrected chi connectivity index (χ2v) is 4.35. The average Bonchev–Trinajstić information content (AvgIpc) is 2.29. The molecule has 0 aliphatic carbocycles.